The number of carboxylic acids is 1. The van der Waals surface area contributed by atoms with E-state index in [1.165, 1.54) is 116 Å². The van der Waals surface area contributed by atoms with Crippen LogP contribution in [0.3, 0.4) is 0 Å². The SMILES string of the molecule is CCCCCCCCCCCCCCCCCCCC/C=C/CC(CC(=O)O)C(=O)OCCC. The van der Waals surface area contributed by atoms with E-state index in [1.807, 2.05) is 13.0 Å². The lowest BCUT2D eigenvalue weighted by molar-refractivity contribution is -0.153. The normalized spacial score (nSPS) is 12.3. The Balaban J connectivity index is 3.45. The highest BCUT2D eigenvalue weighted by atomic mass is 16.5. The molecule has 34 heavy (non-hydrogen) atoms. The molecule has 0 saturated heterocycles. The summed E-state index contributed by atoms with van der Waals surface area (Å²) in [5, 5.41) is 9.00. The fraction of sp³-hybridized carbons (Fsp3) is 0.867. The van der Waals surface area contributed by atoms with Crippen molar-refractivity contribution >= 4 is 11.9 Å². The van der Waals surface area contributed by atoms with E-state index in [2.05, 4.69) is 13.0 Å². The van der Waals surface area contributed by atoms with Crippen LogP contribution in [-0.2, 0) is 14.3 Å². The molecule has 0 aromatic carbocycles. The number of aliphatic carboxylic acids is 1. The number of hydrogen-bond acceptors (Lipinski definition) is 3. The lowest BCUT2D eigenvalue weighted by Crippen LogP contribution is -2.20. The van der Waals surface area contributed by atoms with Gasteiger partial charge in [0.15, 0.2) is 0 Å². The van der Waals surface area contributed by atoms with Gasteiger partial charge in [-0.3, -0.25) is 9.59 Å². The lowest BCUT2D eigenvalue weighted by Gasteiger charge is -2.11. The van der Waals surface area contributed by atoms with Crippen molar-refractivity contribution in [2.24, 2.45) is 5.92 Å². The first-order valence-electron chi connectivity index (χ1n) is 14.6. The summed E-state index contributed by atoms with van der Waals surface area (Å²) < 4.78 is 5.12. The summed E-state index contributed by atoms with van der Waals surface area (Å²) in [4.78, 5) is 22.9. The van der Waals surface area contributed by atoms with Crippen LogP contribution in [0.1, 0.15) is 155 Å². The van der Waals surface area contributed by atoms with Gasteiger partial charge in [-0.05, 0) is 25.7 Å². The molecule has 1 unspecified atom stereocenters. The summed E-state index contributed by atoms with van der Waals surface area (Å²) in [5.41, 5.74) is 0. The molecule has 4 heteroatoms. The molecule has 0 amide bonds. The van der Waals surface area contributed by atoms with Gasteiger partial charge < -0.3 is 9.84 Å². The van der Waals surface area contributed by atoms with Crippen molar-refractivity contribution in [3.05, 3.63) is 12.2 Å². The van der Waals surface area contributed by atoms with Crippen molar-refractivity contribution in [3.8, 4) is 0 Å². The predicted molar refractivity (Wildman–Crippen MR) is 144 cm³/mol. The van der Waals surface area contributed by atoms with Gasteiger partial charge in [-0.1, -0.05) is 135 Å². The van der Waals surface area contributed by atoms with E-state index in [4.69, 9.17) is 9.84 Å². The van der Waals surface area contributed by atoms with Gasteiger partial charge in [0.1, 0.15) is 0 Å². The first-order valence-corrected chi connectivity index (χ1v) is 14.6. The molecular weight excluding hydrogens is 424 g/mol. The van der Waals surface area contributed by atoms with Gasteiger partial charge in [0.05, 0.1) is 18.9 Å². The van der Waals surface area contributed by atoms with E-state index in [9.17, 15) is 9.59 Å². The molecule has 0 radical (unpaired) electrons. The van der Waals surface area contributed by atoms with E-state index in [1.54, 1.807) is 0 Å². The summed E-state index contributed by atoms with van der Waals surface area (Å²) >= 11 is 0. The van der Waals surface area contributed by atoms with Gasteiger partial charge in [0.25, 0.3) is 0 Å². The molecule has 0 fully saturated rings. The van der Waals surface area contributed by atoms with E-state index < -0.39 is 11.9 Å². The third-order valence-electron chi connectivity index (χ3n) is 6.51. The minimum atomic E-state index is -0.949. The molecule has 0 rings (SSSR count). The van der Waals surface area contributed by atoms with Gasteiger partial charge >= 0.3 is 11.9 Å². The quantitative estimate of drug-likeness (QED) is 0.0760. The van der Waals surface area contributed by atoms with Crippen molar-refractivity contribution < 1.29 is 19.4 Å². The van der Waals surface area contributed by atoms with Crippen molar-refractivity contribution in [3.63, 3.8) is 0 Å². The Hall–Kier alpha value is -1.32. The largest absolute Gasteiger partial charge is 0.481 e. The van der Waals surface area contributed by atoms with Crippen molar-refractivity contribution in [2.45, 2.75) is 155 Å². The monoisotopic (exact) mass is 480 g/mol. The van der Waals surface area contributed by atoms with Crippen LogP contribution in [0.4, 0.5) is 0 Å². The fourth-order valence-electron chi connectivity index (χ4n) is 4.34. The third-order valence-corrected chi connectivity index (χ3v) is 6.51. The molecule has 0 bridgehead atoms. The van der Waals surface area contributed by atoms with Crippen LogP contribution in [0.25, 0.3) is 0 Å². The Bertz CT molecular complexity index is 486. The highest BCUT2D eigenvalue weighted by molar-refractivity contribution is 5.79. The average molecular weight is 481 g/mol. The fourth-order valence-corrected chi connectivity index (χ4v) is 4.34. The van der Waals surface area contributed by atoms with E-state index in [0.29, 0.717) is 13.0 Å². The average Bonchev–Trinajstić information content (AvgIpc) is 2.82. The molecule has 0 spiro atoms. The second-order valence-electron chi connectivity index (χ2n) is 9.97. The van der Waals surface area contributed by atoms with Gasteiger partial charge in [0.2, 0.25) is 0 Å². The number of ether oxygens (including phenoxy) is 1. The predicted octanol–water partition coefficient (Wildman–Crippen LogP) is 9.41. The highest BCUT2D eigenvalue weighted by Gasteiger charge is 2.21. The first kappa shape index (κ1) is 32.7. The number of unbranched alkanes of at least 4 members (excludes halogenated alkanes) is 18. The molecule has 0 aromatic rings. The van der Waals surface area contributed by atoms with E-state index in [0.717, 1.165) is 12.8 Å². The molecule has 0 aliphatic heterocycles. The van der Waals surface area contributed by atoms with Gasteiger partial charge in [0, 0.05) is 0 Å². The summed E-state index contributed by atoms with van der Waals surface area (Å²) in [6.45, 7) is 4.57. The van der Waals surface area contributed by atoms with E-state index in [-0.39, 0.29) is 12.4 Å². The van der Waals surface area contributed by atoms with E-state index >= 15 is 0 Å². The maximum absolute atomic E-state index is 12.0. The Labute approximate surface area is 211 Å². The molecule has 0 aromatic heterocycles. The van der Waals surface area contributed by atoms with Crippen LogP contribution in [0.5, 0.6) is 0 Å². The molecule has 0 aliphatic carbocycles. The molecule has 1 N–H and O–H groups in total. The number of rotatable bonds is 26. The van der Waals surface area contributed by atoms with Gasteiger partial charge in [-0.2, -0.15) is 0 Å². The smallest absolute Gasteiger partial charge is 0.309 e. The maximum atomic E-state index is 12.0. The zero-order chi connectivity index (χ0) is 25.1. The maximum Gasteiger partial charge on any atom is 0.309 e. The Morgan fingerprint density at radius 2 is 1.09 bits per heavy atom. The van der Waals surface area contributed by atoms with Crippen LogP contribution in [-0.4, -0.2) is 23.7 Å². The lowest BCUT2D eigenvalue weighted by atomic mass is 10.0. The molecule has 4 nitrogen and oxygen atoms in total. The zero-order valence-electron chi connectivity index (χ0n) is 22.7. The zero-order valence-corrected chi connectivity index (χ0v) is 22.7. The van der Waals surface area contributed by atoms with Gasteiger partial charge in [-0.15, -0.1) is 0 Å². The molecule has 0 heterocycles. The number of allylic oxidation sites excluding steroid dienone is 2. The molecular formula is C30H56O4. The van der Waals surface area contributed by atoms with Crippen molar-refractivity contribution in [2.75, 3.05) is 6.61 Å². The van der Waals surface area contributed by atoms with Crippen LogP contribution >= 0.6 is 0 Å². The first-order chi connectivity index (χ1) is 16.6. The second-order valence-corrected chi connectivity index (χ2v) is 9.97. The van der Waals surface area contributed by atoms with Crippen LogP contribution in [0.15, 0.2) is 12.2 Å². The van der Waals surface area contributed by atoms with Crippen LogP contribution in [0.2, 0.25) is 0 Å². The van der Waals surface area contributed by atoms with Crippen molar-refractivity contribution in [1.82, 2.24) is 0 Å². The Morgan fingerprint density at radius 1 is 0.647 bits per heavy atom. The Kier molecular flexibility index (Phi) is 25.3. The Morgan fingerprint density at radius 3 is 1.50 bits per heavy atom. The minimum Gasteiger partial charge on any atom is -0.481 e. The van der Waals surface area contributed by atoms with Crippen LogP contribution in [0, 0.1) is 5.92 Å². The third kappa shape index (κ3) is 23.8. The topological polar surface area (TPSA) is 63.6 Å². The summed E-state index contributed by atoms with van der Waals surface area (Å²) in [5.74, 6) is -1.90. The molecule has 0 saturated carbocycles. The summed E-state index contributed by atoms with van der Waals surface area (Å²) in [6.07, 6.45) is 31.0. The van der Waals surface area contributed by atoms with Crippen LogP contribution < -0.4 is 0 Å². The summed E-state index contributed by atoms with van der Waals surface area (Å²) in [7, 11) is 0. The number of carboxylic acid groups (broad SMARTS) is 1. The minimum absolute atomic E-state index is 0.161. The molecule has 0 aliphatic rings. The number of hydrogen-bond donors (Lipinski definition) is 1. The number of carbonyl (C=O) groups excluding carboxylic acids is 1. The summed E-state index contributed by atoms with van der Waals surface area (Å²) in [6, 6.07) is 0. The standard InChI is InChI=1S/C30H56O4/c1-3-5-6-7-8-9-10-11-12-13-14-15-16-17-18-19-20-21-22-23-24-25-28(27-29(31)32)30(33)34-26-4-2/h23-24,28H,3-22,25-27H2,1-2H3,(H,31,32)/b24-23+. The number of esters is 1. The van der Waals surface area contributed by atoms with Gasteiger partial charge in [-0.25, -0.2) is 0 Å². The number of carbonyl (C=O) groups is 2. The van der Waals surface area contributed by atoms with Crippen molar-refractivity contribution in [1.29, 1.82) is 0 Å². The highest BCUT2D eigenvalue weighted by Crippen LogP contribution is 2.16. The second kappa shape index (κ2) is 26.3. The molecule has 200 valence electrons. The molecule has 1 atom stereocenters.